The smallest absolute Gasteiger partial charge is 0.235 e. The number of rotatable bonds is 6. The zero-order valence-corrected chi connectivity index (χ0v) is 17.7. The minimum atomic E-state index is -0.357. The van der Waals surface area contributed by atoms with E-state index in [0.29, 0.717) is 31.4 Å². The Morgan fingerprint density at radius 3 is 2.58 bits per heavy atom. The number of nitrogens with zero attached hydrogens (tertiary/aromatic N) is 4. The number of ether oxygens (including phenoxy) is 3. The molecule has 2 aliphatic heterocycles. The molecule has 0 radical (unpaired) electrons. The lowest BCUT2D eigenvalue weighted by atomic mass is 10.0. The largest absolute Gasteiger partial charge is 0.497 e. The van der Waals surface area contributed by atoms with E-state index in [4.69, 9.17) is 14.2 Å². The van der Waals surface area contributed by atoms with Crippen molar-refractivity contribution in [3.63, 3.8) is 0 Å². The van der Waals surface area contributed by atoms with Gasteiger partial charge in [0.1, 0.15) is 11.9 Å². The summed E-state index contributed by atoms with van der Waals surface area (Å²) in [6, 6.07) is 7.30. The molecule has 2 saturated heterocycles. The molecule has 2 amide bonds. The lowest BCUT2D eigenvalue weighted by molar-refractivity contribution is -0.138. The SMILES string of the molecule is COc1ccc(N2CC(C(=O)N3CCCC(Oc4cncc(OC)n4)C3)CC2=O)cc1. The van der Waals surface area contributed by atoms with E-state index < -0.39 is 0 Å². The molecule has 0 N–H and O–H groups in total. The van der Waals surface area contributed by atoms with Crippen LogP contribution in [0.3, 0.4) is 0 Å². The minimum Gasteiger partial charge on any atom is -0.497 e. The number of likely N-dealkylation sites (tertiary alicyclic amines) is 1. The van der Waals surface area contributed by atoms with E-state index in [0.717, 1.165) is 24.3 Å². The first-order valence-corrected chi connectivity index (χ1v) is 10.3. The standard InChI is InChI=1S/C22H26N4O5/c1-29-17-7-5-16(6-8-17)26-13-15(10-21(26)27)22(28)25-9-3-4-18(14-25)31-20-12-23-11-19(24-20)30-2/h5-8,11-12,15,18H,3-4,9-10,13-14H2,1-2H3. The maximum absolute atomic E-state index is 13.1. The fraction of sp³-hybridized carbons (Fsp3) is 0.455. The van der Waals surface area contributed by atoms with Gasteiger partial charge in [0.2, 0.25) is 23.6 Å². The van der Waals surface area contributed by atoms with E-state index >= 15 is 0 Å². The summed E-state index contributed by atoms with van der Waals surface area (Å²) in [7, 11) is 3.12. The molecule has 0 bridgehead atoms. The molecule has 2 unspecified atom stereocenters. The number of hydrogen-bond donors (Lipinski definition) is 0. The molecule has 2 fully saturated rings. The van der Waals surface area contributed by atoms with Crippen LogP contribution in [-0.4, -0.2) is 66.6 Å². The summed E-state index contributed by atoms with van der Waals surface area (Å²) >= 11 is 0. The third-order valence-corrected chi connectivity index (χ3v) is 5.64. The molecule has 2 aliphatic rings. The highest BCUT2D eigenvalue weighted by Crippen LogP contribution is 2.29. The Balaban J connectivity index is 1.37. The van der Waals surface area contributed by atoms with E-state index in [1.165, 1.54) is 19.5 Å². The number of carbonyl (C=O) groups is 2. The van der Waals surface area contributed by atoms with E-state index in [9.17, 15) is 9.59 Å². The van der Waals surface area contributed by atoms with Crippen LogP contribution >= 0.6 is 0 Å². The molecule has 2 aromatic rings. The molecule has 164 valence electrons. The van der Waals surface area contributed by atoms with Gasteiger partial charge in [0.15, 0.2) is 0 Å². The van der Waals surface area contributed by atoms with Gasteiger partial charge < -0.3 is 24.0 Å². The van der Waals surface area contributed by atoms with E-state index in [2.05, 4.69) is 9.97 Å². The molecular formula is C22H26N4O5. The first-order valence-electron chi connectivity index (χ1n) is 10.3. The van der Waals surface area contributed by atoms with Gasteiger partial charge in [0.05, 0.1) is 39.1 Å². The molecule has 0 spiro atoms. The zero-order valence-electron chi connectivity index (χ0n) is 17.7. The number of amides is 2. The summed E-state index contributed by atoms with van der Waals surface area (Å²) < 4.78 is 16.2. The van der Waals surface area contributed by atoms with Crippen molar-refractivity contribution >= 4 is 17.5 Å². The highest BCUT2D eigenvalue weighted by Gasteiger charge is 2.38. The van der Waals surface area contributed by atoms with E-state index in [-0.39, 0.29) is 30.3 Å². The maximum atomic E-state index is 13.1. The van der Waals surface area contributed by atoms with Gasteiger partial charge in [-0.1, -0.05) is 0 Å². The zero-order chi connectivity index (χ0) is 21.8. The molecule has 31 heavy (non-hydrogen) atoms. The van der Waals surface area contributed by atoms with E-state index in [1.54, 1.807) is 16.9 Å². The highest BCUT2D eigenvalue weighted by molar-refractivity contribution is 6.00. The normalized spacial score (nSPS) is 21.2. The van der Waals surface area contributed by atoms with Crippen LogP contribution < -0.4 is 19.1 Å². The molecule has 9 nitrogen and oxygen atoms in total. The quantitative estimate of drug-likeness (QED) is 0.696. The molecule has 1 aromatic carbocycles. The predicted molar refractivity (Wildman–Crippen MR) is 112 cm³/mol. The monoisotopic (exact) mass is 426 g/mol. The average molecular weight is 426 g/mol. The molecule has 0 aliphatic carbocycles. The Hall–Kier alpha value is -3.36. The van der Waals surface area contributed by atoms with Gasteiger partial charge in [-0.15, -0.1) is 0 Å². The molecule has 4 rings (SSSR count). The van der Waals surface area contributed by atoms with Crippen LogP contribution in [0.2, 0.25) is 0 Å². The van der Waals surface area contributed by atoms with Crippen molar-refractivity contribution in [2.75, 3.05) is 38.8 Å². The second-order valence-electron chi connectivity index (χ2n) is 7.67. The van der Waals surface area contributed by atoms with Gasteiger partial charge in [-0.05, 0) is 37.1 Å². The number of carbonyl (C=O) groups excluding carboxylic acids is 2. The minimum absolute atomic E-state index is 0.00520. The van der Waals surface area contributed by atoms with Crippen LogP contribution in [0, 0.1) is 5.92 Å². The maximum Gasteiger partial charge on any atom is 0.235 e. The Labute approximate surface area is 180 Å². The van der Waals surface area contributed by atoms with Crippen molar-refractivity contribution in [3.05, 3.63) is 36.7 Å². The number of piperidine rings is 1. The van der Waals surface area contributed by atoms with E-state index in [1.807, 2.05) is 24.3 Å². The summed E-state index contributed by atoms with van der Waals surface area (Å²) in [5, 5.41) is 0. The second-order valence-corrected chi connectivity index (χ2v) is 7.67. The fourth-order valence-electron chi connectivity index (χ4n) is 4.03. The van der Waals surface area contributed by atoms with Crippen LogP contribution in [0.25, 0.3) is 0 Å². The fourth-order valence-corrected chi connectivity index (χ4v) is 4.03. The van der Waals surface area contributed by atoms with Crippen LogP contribution in [0.5, 0.6) is 17.5 Å². The van der Waals surface area contributed by atoms with Gasteiger partial charge in [0, 0.05) is 25.2 Å². The number of benzene rings is 1. The molecular weight excluding hydrogens is 400 g/mol. The molecule has 2 atom stereocenters. The molecule has 0 saturated carbocycles. The first-order chi connectivity index (χ1) is 15.1. The Kier molecular flexibility index (Phi) is 6.20. The van der Waals surface area contributed by atoms with Crippen LogP contribution in [0.1, 0.15) is 19.3 Å². The molecule has 9 heteroatoms. The van der Waals surface area contributed by atoms with Gasteiger partial charge >= 0.3 is 0 Å². The Morgan fingerprint density at radius 1 is 1.06 bits per heavy atom. The Morgan fingerprint density at radius 2 is 1.84 bits per heavy atom. The van der Waals surface area contributed by atoms with Crippen molar-refractivity contribution in [1.29, 1.82) is 0 Å². The number of methoxy groups -OCH3 is 2. The third-order valence-electron chi connectivity index (χ3n) is 5.64. The van der Waals surface area contributed by atoms with Gasteiger partial charge in [-0.25, -0.2) is 0 Å². The predicted octanol–water partition coefficient (Wildman–Crippen LogP) is 1.92. The van der Waals surface area contributed by atoms with Crippen molar-refractivity contribution < 1.29 is 23.8 Å². The van der Waals surface area contributed by atoms with Crippen molar-refractivity contribution in [3.8, 4) is 17.5 Å². The van der Waals surface area contributed by atoms with Crippen LogP contribution in [0.4, 0.5) is 5.69 Å². The Bertz CT molecular complexity index is 936. The average Bonchev–Trinajstić information content (AvgIpc) is 3.20. The highest BCUT2D eigenvalue weighted by atomic mass is 16.5. The second kappa shape index (κ2) is 9.20. The van der Waals surface area contributed by atoms with Gasteiger partial charge in [0.25, 0.3) is 0 Å². The number of aromatic nitrogens is 2. The summed E-state index contributed by atoms with van der Waals surface area (Å²) in [6.45, 7) is 1.51. The first kappa shape index (κ1) is 20.9. The lowest BCUT2D eigenvalue weighted by Crippen LogP contribution is -2.47. The summed E-state index contributed by atoms with van der Waals surface area (Å²) in [6.07, 6.45) is 4.74. The van der Waals surface area contributed by atoms with Crippen LogP contribution in [-0.2, 0) is 9.59 Å². The number of hydrogen-bond acceptors (Lipinski definition) is 7. The lowest BCUT2D eigenvalue weighted by Gasteiger charge is -2.34. The summed E-state index contributed by atoms with van der Waals surface area (Å²) in [5.41, 5.74) is 0.776. The topological polar surface area (TPSA) is 94.1 Å². The van der Waals surface area contributed by atoms with Crippen molar-refractivity contribution in [2.24, 2.45) is 5.92 Å². The summed E-state index contributed by atoms with van der Waals surface area (Å²) in [4.78, 5) is 37.5. The van der Waals surface area contributed by atoms with Crippen LogP contribution in [0.15, 0.2) is 36.7 Å². The molecule has 1 aromatic heterocycles. The van der Waals surface area contributed by atoms with Crippen molar-refractivity contribution in [2.45, 2.75) is 25.4 Å². The number of anilines is 1. The summed E-state index contributed by atoms with van der Waals surface area (Å²) in [5.74, 6) is 1.08. The van der Waals surface area contributed by atoms with Crippen molar-refractivity contribution in [1.82, 2.24) is 14.9 Å². The van der Waals surface area contributed by atoms with Gasteiger partial charge in [-0.3, -0.25) is 14.6 Å². The van der Waals surface area contributed by atoms with Gasteiger partial charge in [-0.2, -0.15) is 4.98 Å². The third kappa shape index (κ3) is 4.70. The molecule has 3 heterocycles.